The third kappa shape index (κ3) is 3.75. The minimum absolute atomic E-state index is 0.336. The molecule has 0 amide bonds. The average molecular weight is 257 g/mol. The van der Waals surface area contributed by atoms with Gasteiger partial charge in [-0.2, -0.15) is 0 Å². The Morgan fingerprint density at radius 3 is 2.59 bits per heavy atom. The third-order valence-corrected chi connectivity index (χ3v) is 2.86. The normalized spacial score (nSPS) is 12.8. The summed E-state index contributed by atoms with van der Waals surface area (Å²) in [6.45, 7) is 6.05. The van der Waals surface area contributed by atoms with Gasteiger partial charge in [-0.05, 0) is 40.1 Å². The highest BCUT2D eigenvalue weighted by atomic mass is 35.5. The quantitative estimate of drug-likeness (QED) is 0.820. The molecule has 0 saturated carbocycles. The van der Waals surface area contributed by atoms with Crippen molar-refractivity contribution in [3.63, 3.8) is 0 Å². The first-order chi connectivity index (χ1) is 7.95. The highest BCUT2D eigenvalue weighted by Gasteiger charge is 2.17. The molecule has 0 spiro atoms. The third-order valence-electron chi connectivity index (χ3n) is 2.65. The van der Waals surface area contributed by atoms with Crippen molar-refractivity contribution >= 4 is 23.1 Å². The first kappa shape index (κ1) is 14.1. The van der Waals surface area contributed by atoms with Gasteiger partial charge in [-0.25, -0.2) is 4.98 Å². The second-order valence-electron chi connectivity index (χ2n) is 4.44. The van der Waals surface area contributed by atoms with Gasteiger partial charge >= 0.3 is 0 Å². The molecule has 1 aromatic rings. The van der Waals surface area contributed by atoms with E-state index in [9.17, 15) is 0 Å². The van der Waals surface area contributed by atoms with Crippen LogP contribution in [-0.4, -0.2) is 43.1 Å². The maximum atomic E-state index is 5.96. The van der Waals surface area contributed by atoms with E-state index < -0.39 is 0 Å². The highest BCUT2D eigenvalue weighted by Crippen LogP contribution is 2.24. The molecule has 0 aliphatic heterocycles. The molecule has 1 atom stereocenters. The van der Waals surface area contributed by atoms with Crippen molar-refractivity contribution in [2.45, 2.75) is 19.9 Å². The van der Waals surface area contributed by atoms with Crippen molar-refractivity contribution in [3.8, 4) is 0 Å². The molecular weight excluding hydrogens is 236 g/mol. The van der Waals surface area contributed by atoms with E-state index in [1.54, 1.807) is 12.1 Å². The number of anilines is 2. The highest BCUT2D eigenvalue weighted by molar-refractivity contribution is 6.29. The summed E-state index contributed by atoms with van der Waals surface area (Å²) >= 11 is 5.92. The van der Waals surface area contributed by atoms with Gasteiger partial charge in [0.25, 0.3) is 0 Å². The lowest BCUT2D eigenvalue weighted by molar-refractivity contribution is 0.372. The summed E-state index contributed by atoms with van der Waals surface area (Å²) in [5, 5.41) is 0.477. The molecule has 1 aromatic heterocycles. The fraction of sp³-hybridized carbons (Fsp3) is 0.583. The number of nitrogens with two attached hydrogens (primary N) is 1. The monoisotopic (exact) mass is 256 g/mol. The van der Waals surface area contributed by atoms with Crippen molar-refractivity contribution in [1.29, 1.82) is 0 Å². The van der Waals surface area contributed by atoms with E-state index in [1.807, 2.05) is 0 Å². The zero-order valence-corrected chi connectivity index (χ0v) is 11.7. The van der Waals surface area contributed by atoms with Crippen LogP contribution in [0.5, 0.6) is 0 Å². The number of nitrogens with zero attached hydrogens (tertiary/aromatic N) is 3. The van der Waals surface area contributed by atoms with Crippen LogP contribution < -0.4 is 10.6 Å². The summed E-state index contributed by atoms with van der Waals surface area (Å²) in [6, 6.07) is 3.85. The van der Waals surface area contributed by atoms with Gasteiger partial charge in [0.05, 0.1) is 5.69 Å². The number of rotatable bonds is 5. The van der Waals surface area contributed by atoms with Crippen molar-refractivity contribution in [3.05, 3.63) is 17.3 Å². The van der Waals surface area contributed by atoms with Crippen LogP contribution in [-0.2, 0) is 0 Å². The van der Waals surface area contributed by atoms with Gasteiger partial charge in [-0.15, -0.1) is 0 Å². The minimum Gasteiger partial charge on any atom is -0.396 e. The van der Waals surface area contributed by atoms with Crippen LogP contribution >= 0.6 is 11.6 Å². The lowest BCUT2D eigenvalue weighted by Crippen LogP contribution is -2.40. The molecule has 2 N–H and O–H groups in total. The fourth-order valence-corrected chi connectivity index (χ4v) is 2.11. The molecule has 0 bridgehead atoms. The molecule has 1 rings (SSSR count). The van der Waals surface area contributed by atoms with Gasteiger partial charge < -0.3 is 15.5 Å². The molecule has 0 aliphatic rings. The number of pyridine rings is 1. The molecule has 0 aromatic carbocycles. The Hall–Kier alpha value is -1.00. The summed E-state index contributed by atoms with van der Waals surface area (Å²) in [4.78, 5) is 8.63. The Balaban J connectivity index is 2.96. The predicted octanol–water partition coefficient (Wildman–Crippen LogP) is 2.09. The van der Waals surface area contributed by atoms with Crippen LogP contribution in [0.25, 0.3) is 0 Å². The minimum atomic E-state index is 0.336. The van der Waals surface area contributed by atoms with E-state index in [0.29, 0.717) is 16.9 Å². The zero-order chi connectivity index (χ0) is 13.0. The molecule has 96 valence electrons. The molecule has 17 heavy (non-hydrogen) atoms. The van der Waals surface area contributed by atoms with E-state index in [1.165, 1.54) is 0 Å². The molecule has 1 heterocycles. The Morgan fingerprint density at radius 1 is 1.41 bits per heavy atom. The van der Waals surface area contributed by atoms with Gasteiger partial charge in [0.15, 0.2) is 5.82 Å². The lowest BCUT2D eigenvalue weighted by atomic mass is 10.2. The number of hydrogen-bond donors (Lipinski definition) is 1. The Morgan fingerprint density at radius 2 is 2.06 bits per heavy atom. The molecule has 4 nitrogen and oxygen atoms in total. The van der Waals surface area contributed by atoms with E-state index in [0.717, 1.165) is 18.9 Å². The van der Waals surface area contributed by atoms with Gasteiger partial charge in [-0.3, -0.25) is 0 Å². The smallest absolute Gasteiger partial charge is 0.153 e. The van der Waals surface area contributed by atoms with E-state index >= 15 is 0 Å². The van der Waals surface area contributed by atoms with Gasteiger partial charge in [0, 0.05) is 19.1 Å². The summed E-state index contributed by atoms with van der Waals surface area (Å²) in [5.41, 5.74) is 6.63. The van der Waals surface area contributed by atoms with Crippen LogP contribution in [0.15, 0.2) is 12.1 Å². The Labute approximate surface area is 108 Å². The van der Waals surface area contributed by atoms with Crippen LogP contribution in [0.3, 0.4) is 0 Å². The average Bonchev–Trinajstić information content (AvgIpc) is 2.23. The molecule has 0 aliphatic carbocycles. The Kier molecular flexibility index (Phi) is 5.02. The zero-order valence-electron chi connectivity index (χ0n) is 10.9. The van der Waals surface area contributed by atoms with Crippen molar-refractivity contribution in [2.75, 3.05) is 37.8 Å². The predicted molar refractivity (Wildman–Crippen MR) is 74.7 cm³/mol. The maximum absolute atomic E-state index is 5.96. The second kappa shape index (κ2) is 6.07. The van der Waals surface area contributed by atoms with Crippen molar-refractivity contribution < 1.29 is 0 Å². The second-order valence-corrected chi connectivity index (χ2v) is 4.83. The molecule has 0 fully saturated rings. The summed E-state index contributed by atoms with van der Waals surface area (Å²) in [7, 11) is 4.11. The van der Waals surface area contributed by atoms with Crippen LogP contribution in [0.4, 0.5) is 11.5 Å². The Bertz CT molecular complexity index is 368. The molecule has 0 radical (unpaired) electrons. The number of nitrogen functional groups attached to an aromatic ring is 1. The number of halogens is 1. The van der Waals surface area contributed by atoms with Crippen LogP contribution in [0.2, 0.25) is 5.15 Å². The summed E-state index contributed by atoms with van der Waals surface area (Å²) in [5.74, 6) is 0.773. The van der Waals surface area contributed by atoms with Crippen molar-refractivity contribution in [1.82, 2.24) is 9.88 Å². The van der Waals surface area contributed by atoms with Crippen molar-refractivity contribution in [2.24, 2.45) is 0 Å². The van der Waals surface area contributed by atoms with E-state index in [4.69, 9.17) is 17.3 Å². The first-order valence-electron chi connectivity index (χ1n) is 5.79. The maximum Gasteiger partial charge on any atom is 0.153 e. The standard InChI is InChI=1S/C12H21ClN4/c1-5-17(9(2)8-16(3)4)12-10(14)6-7-11(13)15-12/h6-7,9H,5,8,14H2,1-4H3. The summed E-state index contributed by atoms with van der Waals surface area (Å²) < 4.78 is 0. The number of aromatic nitrogens is 1. The van der Waals surface area contributed by atoms with E-state index in [2.05, 4.69) is 42.7 Å². The summed E-state index contributed by atoms with van der Waals surface area (Å²) in [6.07, 6.45) is 0. The fourth-order valence-electron chi connectivity index (χ4n) is 1.96. The molecule has 1 unspecified atom stereocenters. The molecule has 0 saturated heterocycles. The van der Waals surface area contributed by atoms with Crippen LogP contribution in [0, 0.1) is 0 Å². The van der Waals surface area contributed by atoms with Gasteiger partial charge in [-0.1, -0.05) is 11.6 Å². The lowest BCUT2D eigenvalue weighted by Gasteiger charge is -2.31. The van der Waals surface area contributed by atoms with E-state index in [-0.39, 0.29) is 0 Å². The SMILES string of the molecule is CCN(c1nc(Cl)ccc1N)C(C)CN(C)C. The first-order valence-corrected chi connectivity index (χ1v) is 6.16. The van der Waals surface area contributed by atoms with Gasteiger partial charge in [0.1, 0.15) is 5.15 Å². The van der Waals surface area contributed by atoms with Gasteiger partial charge in [0.2, 0.25) is 0 Å². The largest absolute Gasteiger partial charge is 0.396 e. The van der Waals surface area contributed by atoms with Crippen LogP contribution in [0.1, 0.15) is 13.8 Å². The topological polar surface area (TPSA) is 45.4 Å². The number of hydrogen-bond acceptors (Lipinski definition) is 4. The number of likely N-dealkylation sites (N-methyl/N-ethyl adjacent to an activating group) is 2. The molecule has 5 heteroatoms. The molecular formula is C12H21ClN4.